The number of Topliss-reactive ketones (excluding diaryl/α,β-unsaturated/α-hetero) is 1. The first kappa shape index (κ1) is 21.1. The lowest BCUT2D eigenvalue weighted by atomic mass is 9.83. The lowest BCUT2D eigenvalue weighted by Crippen LogP contribution is -2.20. The van der Waals surface area contributed by atoms with E-state index in [1.54, 1.807) is 0 Å². The number of carbonyl (C=O) groups excluding carboxylic acids is 1. The molecule has 1 aliphatic carbocycles. The molecule has 1 rings (SSSR count). The fraction of sp³-hybridized carbons (Fsp3) is 0.522. The van der Waals surface area contributed by atoms with Crippen molar-refractivity contribution < 1.29 is 9.90 Å². The molecular formula is C23H33O2+. The monoisotopic (exact) mass is 341 g/mol. The third-order valence-electron chi connectivity index (χ3n) is 4.48. The van der Waals surface area contributed by atoms with Crippen molar-refractivity contribution in [3.8, 4) is 0 Å². The predicted molar refractivity (Wildman–Crippen MR) is 106 cm³/mol. The summed E-state index contributed by atoms with van der Waals surface area (Å²) in [4.78, 5) is 13.1. The van der Waals surface area contributed by atoms with Crippen molar-refractivity contribution in [3.63, 3.8) is 0 Å². The van der Waals surface area contributed by atoms with Crippen molar-refractivity contribution in [2.75, 3.05) is 0 Å². The molecule has 0 radical (unpaired) electrons. The molecule has 1 aliphatic rings. The van der Waals surface area contributed by atoms with Crippen LogP contribution < -0.4 is 0 Å². The summed E-state index contributed by atoms with van der Waals surface area (Å²) in [5.41, 5.74) is 4.04. The number of rotatable bonds is 8. The summed E-state index contributed by atoms with van der Waals surface area (Å²) in [5, 5.41) is 10.8. The highest BCUT2D eigenvalue weighted by Crippen LogP contribution is 2.43. The van der Waals surface area contributed by atoms with Gasteiger partial charge in [0.2, 0.25) is 0 Å². The van der Waals surface area contributed by atoms with E-state index in [-0.39, 0.29) is 17.5 Å². The molecule has 2 nitrogen and oxygen atoms in total. The van der Waals surface area contributed by atoms with E-state index in [0.29, 0.717) is 36.3 Å². The number of aliphatic hydroxyl groups excluding tert-OH is 1. The molecule has 0 aromatic heterocycles. The van der Waals surface area contributed by atoms with E-state index in [1.807, 2.05) is 27.7 Å². The van der Waals surface area contributed by atoms with E-state index < -0.39 is 5.92 Å². The van der Waals surface area contributed by atoms with E-state index in [0.717, 1.165) is 5.57 Å². The summed E-state index contributed by atoms with van der Waals surface area (Å²) in [7, 11) is 0. The van der Waals surface area contributed by atoms with Gasteiger partial charge >= 0.3 is 0 Å². The van der Waals surface area contributed by atoms with Crippen LogP contribution in [-0.2, 0) is 4.79 Å². The summed E-state index contributed by atoms with van der Waals surface area (Å²) >= 11 is 0. The molecule has 2 heteroatoms. The van der Waals surface area contributed by atoms with Gasteiger partial charge in [-0.1, -0.05) is 49.3 Å². The van der Waals surface area contributed by atoms with E-state index in [4.69, 9.17) is 6.58 Å². The molecule has 0 spiro atoms. The first-order valence-electron chi connectivity index (χ1n) is 9.09. The van der Waals surface area contributed by atoms with Gasteiger partial charge in [-0.25, -0.2) is 0 Å². The minimum absolute atomic E-state index is 0.0741. The highest BCUT2D eigenvalue weighted by Gasteiger charge is 2.49. The number of ketones is 1. The van der Waals surface area contributed by atoms with Crippen molar-refractivity contribution in [3.05, 3.63) is 58.9 Å². The van der Waals surface area contributed by atoms with Crippen LogP contribution in [0.25, 0.3) is 0 Å². The molecule has 0 aromatic carbocycles. The largest absolute Gasteiger partial charge is 0.494 e. The molecular weight excluding hydrogens is 308 g/mol. The van der Waals surface area contributed by atoms with Gasteiger partial charge in [0.25, 0.3) is 5.78 Å². The fourth-order valence-corrected chi connectivity index (χ4v) is 3.21. The summed E-state index contributed by atoms with van der Waals surface area (Å²) in [6.07, 6.45) is 6.01. The second kappa shape index (κ2) is 8.97. The Morgan fingerprint density at radius 2 is 1.76 bits per heavy atom. The molecule has 2 atom stereocenters. The smallest absolute Gasteiger partial charge is 0.255 e. The molecule has 1 N–H and O–H groups in total. The van der Waals surface area contributed by atoms with Gasteiger partial charge in [-0.05, 0) is 46.5 Å². The zero-order valence-corrected chi connectivity index (χ0v) is 16.6. The Morgan fingerprint density at radius 1 is 1.20 bits per heavy atom. The maximum atomic E-state index is 13.1. The second-order valence-electron chi connectivity index (χ2n) is 7.99. The van der Waals surface area contributed by atoms with Crippen LogP contribution in [0.5, 0.6) is 0 Å². The van der Waals surface area contributed by atoms with Gasteiger partial charge in [0.1, 0.15) is 0 Å². The maximum absolute atomic E-state index is 13.1. The van der Waals surface area contributed by atoms with Crippen LogP contribution in [0.15, 0.2) is 52.4 Å². The van der Waals surface area contributed by atoms with E-state index in [1.165, 1.54) is 11.1 Å². The molecule has 0 amide bonds. The maximum Gasteiger partial charge on any atom is 0.255 e. The predicted octanol–water partition coefficient (Wildman–Crippen LogP) is 6.29. The first-order valence-corrected chi connectivity index (χ1v) is 9.09. The zero-order valence-electron chi connectivity index (χ0n) is 16.6. The molecule has 136 valence electrons. The lowest BCUT2D eigenvalue weighted by Gasteiger charge is -2.18. The summed E-state index contributed by atoms with van der Waals surface area (Å²) in [5.74, 6) is -0.260. The van der Waals surface area contributed by atoms with Gasteiger partial charge in [-0.15, -0.1) is 0 Å². The second-order valence-corrected chi connectivity index (χ2v) is 7.99. The lowest BCUT2D eigenvalue weighted by molar-refractivity contribution is -0.117. The molecule has 0 aliphatic heterocycles. The fourth-order valence-electron chi connectivity index (χ4n) is 3.21. The van der Waals surface area contributed by atoms with Crippen LogP contribution in [-0.4, -0.2) is 10.9 Å². The van der Waals surface area contributed by atoms with Gasteiger partial charge in [-0.2, -0.15) is 0 Å². The Labute approximate surface area is 153 Å². The Bertz CT molecular complexity index is 633. The first-order chi connectivity index (χ1) is 11.6. The number of hydrogen-bond acceptors (Lipinski definition) is 2. The summed E-state index contributed by atoms with van der Waals surface area (Å²) < 4.78 is 0. The molecule has 25 heavy (non-hydrogen) atoms. The van der Waals surface area contributed by atoms with Gasteiger partial charge in [0.15, 0.2) is 16.9 Å². The number of hydrogen-bond donors (Lipinski definition) is 1. The van der Waals surface area contributed by atoms with Crippen LogP contribution in [0, 0.1) is 24.3 Å². The van der Waals surface area contributed by atoms with E-state index in [9.17, 15) is 9.90 Å². The van der Waals surface area contributed by atoms with Crippen molar-refractivity contribution in [1.29, 1.82) is 0 Å². The minimum Gasteiger partial charge on any atom is -0.494 e. The Hall–Kier alpha value is -1.92. The van der Waals surface area contributed by atoms with Crippen molar-refractivity contribution in [2.45, 2.75) is 60.8 Å². The Kier molecular flexibility index (Phi) is 7.58. The zero-order chi connectivity index (χ0) is 19.3. The third-order valence-corrected chi connectivity index (χ3v) is 4.48. The molecule has 2 unspecified atom stereocenters. The van der Waals surface area contributed by atoms with E-state index in [2.05, 4.69) is 32.6 Å². The quantitative estimate of drug-likeness (QED) is 0.416. The molecule has 0 bridgehead atoms. The van der Waals surface area contributed by atoms with Crippen molar-refractivity contribution in [1.82, 2.24) is 0 Å². The molecule has 0 saturated heterocycles. The third kappa shape index (κ3) is 5.54. The van der Waals surface area contributed by atoms with Crippen LogP contribution in [0.2, 0.25) is 0 Å². The Morgan fingerprint density at radius 3 is 2.24 bits per heavy atom. The molecule has 0 saturated carbocycles. The minimum atomic E-state index is -0.396. The topological polar surface area (TPSA) is 37.3 Å². The standard InChI is InChI=1S/C23H32O2/c1-14(2)9-11-17(7)20-19(12-10-15(3)4)22(24)21(23(20)25)18(8)13-16(5)6/h8-10,16,19-20H,7,11-13H2,1-6H3/p+1. The number of allylic oxidation sites excluding steroid dienone is 8. The summed E-state index contributed by atoms with van der Waals surface area (Å²) in [6, 6.07) is 0. The van der Waals surface area contributed by atoms with Crippen molar-refractivity contribution >= 4 is 5.78 Å². The SMILES string of the molecule is [CH+]=C(CC(C)C)C1=C(O)C(CC=C(C)C)C(C(=C)CC=C(C)C)C1=O. The number of aliphatic hydroxyl groups is 1. The van der Waals surface area contributed by atoms with Crippen LogP contribution in [0.1, 0.15) is 60.8 Å². The molecule has 0 heterocycles. The van der Waals surface area contributed by atoms with E-state index >= 15 is 0 Å². The van der Waals surface area contributed by atoms with Crippen LogP contribution in [0.3, 0.4) is 0 Å². The highest BCUT2D eigenvalue weighted by atomic mass is 16.3. The van der Waals surface area contributed by atoms with Crippen LogP contribution >= 0.6 is 0 Å². The molecule has 0 fully saturated rings. The van der Waals surface area contributed by atoms with Gasteiger partial charge in [-0.3, -0.25) is 4.79 Å². The van der Waals surface area contributed by atoms with Gasteiger partial charge in [0, 0.05) is 6.42 Å². The van der Waals surface area contributed by atoms with Gasteiger partial charge in [0.05, 0.1) is 18.4 Å². The average Bonchev–Trinajstić information content (AvgIpc) is 2.72. The molecule has 0 aromatic rings. The van der Waals surface area contributed by atoms with Gasteiger partial charge < -0.3 is 5.11 Å². The average molecular weight is 342 g/mol. The van der Waals surface area contributed by atoms with Crippen molar-refractivity contribution in [2.24, 2.45) is 17.8 Å². The van der Waals surface area contributed by atoms with Crippen LogP contribution in [0.4, 0.5) is 0 Å². The number of carbonyl (C=O) groups is 1. The highest BCUT2D eigenvalue weighted by molar-refractivity contribution is 6.05. The summed E-state index contributed by atoms with van der Waals surface area (Å²) in [6.45, 7) is 22.5. The Balaban J connectivity index is 3.21. The normalized spacial score (nSPS) is 20.0.